The highest BCUT2D eigenvalue weighted by Gasteiger charge is 1.87. The van der Waals surface area contributed by atoms with Crippen molar-refractivity contribution in [2.24, 2.45) is 0 Å². The van der Waals surface area contributed by atoms with Crippen molar-refractivity contribution in [3.05, 3.63) is 47.0 Å². The molecule has 1 rings (SSSR count). The molecule has 1 aromatic rings. The smallest absolute Gasteiger partial charge is 0.0418 e. The first-order chi connectivity index (χ1) is 5.68. The van der Waals surface area contributed by atoms with Gasteiger partial charge in [0.25, 0.3) is 0 Å². The van der Waals surface area contributed by atoms with Gasteiger partial charge in [-0.1, -0.05) is 36.1 Å². The SMILES string of the molecule is C=C(C)C#Cc1cccc(Cl)c1. The van der Waals surface area contributed by atoms with Crippen molar-refractivity contribution in [2.75, 3.05) is 0 Å². The summed E-state index contributed by atoms with van der Waals surface area (Å²) in [6.07, 6.45) is 0. The van der Waals surface area contributed by atoms with Gasteiger partial charge in [0.1, 0.15) is 0 Å². The predicted octanol–water partition coefficient (Wildman–Crippen LogP) is 3.27. The molecule has 0 saturated heterocycles. The Balaban J connectivity index is 2.92. The van der Waals surface area contributed by atoms with Gasteiger partial charge in [-0.25, -0.2) is 0 Å². The summed E-state index contributed by atoms with van der Waals surface area (Å²) in [5.74, 6) is 5.84. The molecule has 0 heterocycles. The van der Waals surface area contributed by atoms with Crippen LogP contribution in [-0.2, 0) is 0 Å². The number of benzene rings is 1. The van der Waals surface area contributed by atoms with Gasteiger partial charge in [0.2, 0.25) is 0 Å². The Morgan fingerprint density at radius 3 is 2.83 bits per heavy atom. The second-order valence-electron chi connectivity index (χ2n) is 2.54. The molecule has 1 heteroatoms. The van der Waals surface area contributed by atoms with Crippen molar-refractivity contribution in [3.8, 4) is 11.8 Å². The number of allylic oxidation sites excluding steroid dienone is 1. The van der Waals surface area contributed by atoms with E-state index in [1.54, 1.807) is 0 Å². The van der Waals surface area contributed by atoms with Gasteiger partial charge in [-0.15, -0.1) is 0 Å². The highest BCUT2D eigenvalue weighted by molar-refractivity contribution is 6.30. The predicted molar refractivity (Wildman–Crippen MR) is 53.1 cm³/mol. The Bertz CT molecular complexity index is 353. The van der Waals surface area contributed by atoms with Crippen LogP contribution in [0.25, 0.3) is 0 Å². The van der Waals surface area contributed by atoms with E-state index in [9.17, 15) is 0 Å². The zero-order valence-electron chi connectivity index (χ0n) is 6.89. The van der Waals surface area contributed by atoms with E-state index in [0.29, 0.717) is 5.02 Å². The third-order valence-corrected chi connectivity index (χ3v) is 1.48. The molecule has 0 saturated carbocycles. The molecular formula is C11H9Cl. The molecule has 0 unspecified atom stereocenters. The van der Waals surface area contributed by atoms with Gasteiger partial charge in [0.15, 0.2) is 0 Å². The zero-order valence-corrected chi connectivity index (χ0v) is 7.65. The van der Waals surface area contributed by atoms with Gasteiger partial charge in [0.05, 0.1) is 0 Å². The van der Waals surface area contributed by atoms with E-state index in [1.165, 1.54) is 0 Å². The monoisotopic (exact) mass is 176 g/mol. The average molecular weight is 177 g/mol. The fourth-order valence-electron chi connectivity index (χ4n) is 0.745. The number of hydrogen-bond donors (Lipinski definition) is 0. The second kappa shape index (κ2) is 3.99. The molecule has 0 N–H and O–H groups in total. The van der Waals surface area contributed by atoms with Crippen LogP contribution in [0, 0.1) is 11.8 Å². The minimum Gasteiger partial charge on any atom is -0.0877 e. The lowest BCUT2D eigenvalue weighted by atomic mass is 10.2. The summed E-state index contributed by atoms with van der Waals surface area (Å²) >= 11 is 5.77. The van der Waals surface area contributed by atoms with Crippen LogP contribution >= 0.6 is 11.6 Å². The zero-order chi connectivity index (χ0) is 8.97. The van der Waals surface area contributed by atoms with Crippen molar-refractivity contribution in [2.45, 2.75) is 6.92 Å². The quantitative estimate of drug-likeness (QED) is 0.533. The number of hydrogen-bond acceptors (Lipinski definition) is 0. The van der Waals surface area contributed by atoms with Gasteiger partial charge >= 0.3 is 0 Å². The molecular weight excluding hydrogens is 168 g/mol. The minimum absolute atomic E-state index is 0.712. The van der Waals surface area contributed by atoms with E-state index in [-0.39, 0.29) is 0 Å². The Morgan fingerprint density at radius 2 is 2.25 bits per heavy atom. The fourth-order valence-corrected chi connectivity index (χ4v) is 0.935. The molecule has 0 fully saturated rings. The lowest BCUT2D eigenvalue weighted by Gasteiger charge is -1.89. The minimum atomic E-state index is 0.712. The van der Waals surface area contributed by atoms with Crippen LogP contribution in [0.2, 0.25) is 5.02 Å². The maximum atomic E-state index is 5.77. The lowest BCUT2D eigenvalue weighted by molar-refractivity contribution is 1.60. The van der Waals surface area contributed by atoms with Gasteiger partial charge < -0.3 is 0 Å². The lowest BCUT2D eigenvalue weighted by Crippen LogP contribution is -1.72. The molecule has 0 spiro atoms. The van der Waals surface area contributed by atoms with Crippen LogP contribution in [0.1, 0.15) is 12.5 Å². The van der Waals surface area contributed by atoms with Crippen LogP contribution in [0.15, 0.2) is 36.4 Å². The molecule has 0 nitrogen and oxygen atoms in total. The van der Waals surface area contributed by atoms with E-state index in [1.807, 2.05) is 31.2 Å². The standard InChI is InChI=1S/C11H9Cl/c1-9(2)6-7-10-4-3-5-11(12)8-10/h3-5,8H,1H2,2H3. The molecule has 0 aliphatic rings. The molecule has 0 amide bonds. The van der Waals surface area contributed by atoms with E-state index in [2.05, 4.69) is 18.4 Å². The van der Waals surface area contributed by atoms with Gasteiger partial charge in [-0.05, 0) is 30.7 Å². The van der Waals surface area contributed by atoms with Crippen LogP contribution in [0.5, 0.6) is 0 Å². The van der Waals surface area contributed by atoms with Crippen LogP contribution < -0.4 is 0 Å². The first-order valence-electron chi connectivity index (χ1n) is 3.61. The topological polar surface area (TPSA) is 0 Å². The van der Waals surface area contributed by atoms with E-state index in [4.69, 9.17) is 11.6 Å². The molecule has 60 valence electrons. The largest absolute Gasteiger partial charge is 0.0877 e. The van der Waals surface area contributed by atoms with Crippen molar-refractivity contribution < 1.29 is 0 Å². The van der Waals surface area contributed by atoms with Crippen molar-refractivity contribution in [1.29, 1.82) is 0 Å². The molecule has 0 bridgehead atoms. The molecule has 12 heavy (non-hydrogen) atoms. The Hall–Kier alpha value is -1.19. The maximum absolute atomic E-state index is 5.77. The van der Waals surface area contributed by atoms with Crippen molar-refractivity contribution >= 4 is 11.6 Å². The third-order valence-electron chi connectivity index (χ3n) is 1.24. The molecule has 1 aromatic carbocycles. The maximum Gasteiger partial charge on any atom is 0.0418 e. The van der Waals surface area contributed by atoms with Gasteiger partial charge in [-0.3, -0.25) is 0 Å². The Kier molecular flexibility index (Phi) is 2.96. The summed E-state index contributed by atoms with van der Waals surface area (Å²) in [5, 5.41) is 0.712. The van der Waals surface area contributed by atoms with Crippen LogP contribution in [-0.4, -0.2) is 0 Å². The van der Waals surface area contributed by atoms with Gasteiger partial charge in [0, 0.05) is 10.6 Å². The highest BCUT2D eigenvalue weighted by atomic mass is 35.5. The Labute approximate surface area is 77.9 Å². The van der Waals surface area contributed by atoms with Crippen molar-refractivity contribution in [1.82, 2.24) is 0 Å². The Morgan fingerprint density at radius 1 is 1.50 bits per heavy atom. The normalized spacial score (nSPS) is 8.50. The number of rotatable bonds is 0. The average Bonchev–Trinajstić information content (AvgIpc) is 2.01. The van der Waals surface area contributed by atoms with Crippen molar-refractivity contribution in [3.63, 3.8) is 0 Å². The summed E-state index contributed by atoms with van der Waals surface area (Å²) in [7, 11) is 0. The number of halogens is 1. The fraction of sp³-hybridized carbons (Fsp3) is 0.0909. The van der Waals surface area contributed by atoms with E-state index < -0.39 is 0 Å². The van der Waals surface area contributed by atoms with E-state index >= 15 is 0 Å². The molecule has 0 atom stereocenters. The summed E-state index contributed by atoms with van der Waals surface area (Å²) in [5.41, 5.74) is 1.78. The molecule has 0 aliphatic heterocycles. The molecule has 0 aliphatic carbocycles. The summed E-state index contributed by atoms with van der Waals surface area (Å²) < 4.78 is 0. The summed E-state index contributed by atoms with van der Waals surface area (Å²) in [4.78, 5) is 0. The summed E-state index contributed by atoms with van der Waals surface area (Å²) in [6.45, 7) is 5.56. The molecule has 0 radical (unpaired) electrons. The summed E-state index contributed by atoms with van der Waals surface area (Å²) in [6, 6.07) is 7.46. The first kappa shape index (κ1) is 8.90. The van der Waals surface area contributed by atoms with E-state index in [0.717, 1.165) is 11.1 Å². The second-order valence-corrected chi connectivity index (χ2v) is 2.98. The molecule has 0 aromatic heterocycles. The highest BCUT2D eigenvalue weighted by Crippen LogP contribution is 2.09. The van der Waals surface area contributed by atoms with Crippen LogP contribution in [0.4, 0.5) is 0 Å². The third kappa shape index (κ3) is 2.82. The van der Waals surface area contributed by atoms with Crippen LogP contribution in [0.3, 0.4) is 0 Å². The first-order valence-corrected chi connectivity index (χ1v) is 3.99. The van der Waals surface area contributed by atoms with Gasteiger partial charge in [-0.2, -0.15) is 0 Å².